The third-order valence-electron chi connectivity index (χ3n) is 5.47. The highest BCUT2D eigenvalue weighted by atomic mass is 16.5. The summed E-state index contributed by atoms with van der Waals surface area (Å²) < 4.78 is 11.6. The van der Waals surface area contributed by atoms with Crippen LogP contribution < -0.4 is 4.74 Å². The Labute approximate surface area is 178 Å². The second-order valence-corrected chi connectivity index (χ2v) is 8.18. The van der Waals surface area contributed by atoms with E-state index in [9.17, 15) is 0 Å². The van der Waals surface area contributed by atoms with Gasteiger partial charge in [0.25, 0.3) is 0 Å². The Morgan fingerprint density at radius 2 is 1.48 bits per heavy atom. The molecule has 29 heavy (non-hydrogen) atoms. The molecule has 2 heteroatoms. The molecule has 0 radical (unpaired) electrons. The van der Waals surface area contributed by atoms with Gasteiger partial charge in [0.15, 0.2) is 0 Å². The van der Waals surface area contributed by atoms with Crippen molar-refractivity contribution in [3.8, 4) is 5.75 Å². The Hall–Kier alpha value is -1.80. The van der Waals surface area contributed by atoms with Crippen molar-refractivity contribution in [2.24, 2.45) is 0 Å². The maximum Gasteiger partial charge on any atom is 0.119 e. The molecular formula is C27H40O2. The topological polar surface area (TPSA) is 18.5 Å². The van der Waals surface area contributed by atoms with E-state index in [2.05, 4.69) is 39.0 Å². The van der Waals surface area contributed by atoms with Gasteiger partial charge in [-0.05, 0) is 54.0 Å². The van der Waals surface area contributed by atoms with Crippen molar-refractivity contribution < 1.29 is 9.47 Å². The van der Waals surface area contributed by atoms with Gasteiger partial charge < -0.3 is 9.47 Å². The largest absolute Gasteiger partial charge is 0.491 e. The lowest BCUT2D eigenvalue weighted by Gasteiger charge is -2.18. The van der Waals surface area contributed by atoms with Crippen LogP contribution in [0.4, 0.5) is 0 Å². The minimum absolute atomic E-state index is 0.552. The predicted molar refractivity (Wildman–Crippen MR) is 124 cm³/mol. The molecule has 160 valence electrons. The lowest BCUT2D eigenvalue weighted by Crippen LogP contribution is -2.11. The monoisotopic (exact) mass is 396 g/mol. The fourth-order valence-corrected chi connectivity index (χ4v) is 3.84. The molecule has 0 N–H and O–H groups in total. The maximum absolute atomic E-state index is 5.89. The summed E-state index contributed by atoms with van der Waals surface area (Å²) in [4.78, 5) is 0. The Morgan fingerprint density at radius 3 is 2.24 bits per heavy atom. The molecule has 2 nitrogen and oxygen atoms in total. The lowest BCUT2D eigenvalue weighted by atomic mass is 9.89. The molecule has 0 amide bonds. The summed E-state index contributed by atoms with van der Waals surface area (Å²) in [7, 11) is 0. The van der Waals surface area contributed by atoms with Crippen molar-refractivity contribution in [1.82, 2.24) is 0 Å². The standard InChI is InChI=1S/C27H40O2/c1-4-5-6-7-8-10-14-24-15-13-18-26(23(2)3)27(24)19-20-28-21-22-29-25-16-11-9-12-17-25/h9,11-13,15-18,23H,4-8,10,14,19-22H2,1-3H3. The fraction of sp³-hybridized carbons (Fsp3) is 0.556. The van der Waals surface area contributed by atoms with E-state index in [0.717, 1.165) is 18.8 Å². The van der Waals surface area contributed by atoms with Crippen LogP contribution in [0.25, 0.3) is 0 Å². The minimum Gasteiger partial charge on any atom is -0.491 e. The van der Waals surface area contributed by atoms with Crippen molar-refractivity contribution in [3.63, 3.8) is 0 Å². The highest BCUT2D eigenvalue weighted by Crippen LogP contribution is 2.25. The Bertz CT molecular complexity index is 663. The minimum atomic E-state index is 0.552. The maximum atomic E-state index is 5.89. The van der Waals surface area contributed by atoms with E-state index in [-0.39, 0.29) is 0 Å². The molecule has 0 saturated carbocycles. The second kappa shape index (κ2) is 14.2. The highest BCUT2D eigenvalue weighted by molar-refractivity contribution is 5.37. The van der Waals surface area contributed by atoms with Crippen LogP contribution in [-0.4, -0.2) is 19.8 Å². The molecular weight excluding hydrogens is 356 g/mol. The third-order valence-corrected chi connectivity index (χ3v) is 5.47. The van der Waals surface area contributed by atoms with Gasteiger partial charge in [-0.2, -0.15) is 0 Å². The summed E-state index contributed by atoms with van der Waals surface area (Å²) in [5.74, 6) is 1.46. The molecule has 0 aliphatic heterocycles. The van der Waals surface area contributed by atoms with Crippen LogP contribution in [0.1, 0.15) is 81.9 Å². The number of rotatable bonds is 15. The number of aryl methyl sites for hydroxylation is 1. The number of hydrogen-bond acceptors (Lipinski definition) is 2. The summed E-state index contributed by atoms with van der Waals surface area (Å²) in [6.07, 6.45) is 10.3. The zero-order valence-corrected chi connectivity index (χ0v) is 18.8. The van der Waals surface area contributed by atoms with Gasteiger partial charge in [-0.25, -0.2) is 0 Å². The molecule has 2 aromatic rings. The first-order valence-electron chi connectivity index (χ1n) is 11.6. The van der Waals surface area contributed by atoms with Gasteiger partial charge in [-0.15, -0.1) is 0 Å². The number of para-hydroxylation sites is 1. The lowest BCUT2D eigenvalue weighted by molar-refractivity contribution is 0.102. The van der Waals surface area contributed by atoms with E-state index in [1.54, 1.807) is 0 Å². The number of benzene rings is 2. The van der Waals surface area contributed by atoms with Crippen LogP contribution in [0.5, 0.6) is 5.75 Å². The first-order valence-corrected chi connectivity index (χ1v) is 11.6. The van der Waals surface area contributed by atoms with Crippen LogP contribution in [0.15, 0.2) is 48.5 Å². The summed E-state index contributed by atoms with van der Waals surface area (Å²) in [6, 6.07) is 16.8. The van der Waals surface area contributed by atoms with E-state index in [4.69, 9.17) is 9.47 Å². The summed E-state index contributed by atoms with van der Waals surface area (Å²) in [5, 5.41) is 0. The molecule has 2 aromatic carbocycles. The number of ether oxygens (including phenoxy) is 2. The van der Waals surface area contributed by atoms with Crippen LogP contribution in [0.3, 0.4) is 0 Å². The molecule has 2 rings (SSSR count). The number of unbranched alkanes of at least 4 members (excludes halogenated alkanes) is 5. The van der Waals surface area contributed by atoms with Crippen LogP contribution in [-0.2, 0) is 17.6 Å². The molecule has 0 unspecified atom stereocenters. The van der Waals surface area contributed by atoms with Gasteiger partial charge in [0.2, 0.25) is 0 Å². The highest BCUT2D eigenvalue weighted by Gasteiger charge is 2.11. The fourth-order valence-electron chi connectivity index (χ4n) is 3.84. The first kappa shape index (κ1) is 23.5. The molecule has 0 aromatic heterocycles. The SMILES string of the molecule is CCCCCCCCc1cccc(C(C)C)c1CCOCCOc1ccccc1. The average Bonchev–Trinajstić information content (AvgIpc) is 2.74. The number of hydrogen-bond donors (Lipinski definition) is 0. The molecule has 0 fully saturated rings. The Morgan fingerprint density at radius 1 is 0.724 bits per heavy atom. The Kier molecular flexibility index (Phi) is 11.5. The van der Waals surface area contributed by atoms with Crippen LogP contribution in [0.2, 0.25) is 0 Å². The molecule has 0 heterocycles. The Balaban J connectivity index is 1.78. The van der Waals surface area contributed by atoms with E-state index in [0.29, 0.717) is 19.1 Å². The van der Waals surface area contributed by atoms with Gasteiger partial charge in [-0.1, -0.05) is 89.3 Å². The molecule has 0 spiro atoms. The van der Waals surface area contributed by atoms with Crippen LogP contribution >= 0.6 is 0 Å². The summed E-state index contributed by atoms with van der Waals surface area (Å²) in [5.41, 5.74) is 4.52. The average molecular weight is 397 g/mol. The van der Waals surface area contributed by atoms with Crippen LogP contribution in [0, 0.1) is 0 Å². The molecule has 0 saturated heterocycles. The molecule has 0 aliphatic rings. The molecule has 0 aliphatic carbocycles. The zero-order valence-electron chi connectivity index (χ0n) is 18.8. The van der Waals surface area contributed by atoms with Gasteiger partial charge >= 0.3 is 0 Å². The van der Waals surface area contributed by atoms with Gasteiger partial charge in [0.1, 0.15) is 12.4 Å². The molecule has 0 bridgehead atoms. The zero-order chi connectivity index (χ0) is 20.7. The van der Waals surface area contributed by atoms with Gasteiger partial charge in [-0.3, -0.25) is 0 Å². The molecule has 0 atom stereocenters. The van der Waals surface area contributed by atoms with Gasteiger partial charge in [0.05, 0.1) is 13.2 Å². The quantitative estimate of drug-likeness (QED) is 0.293. The predicted octanol–water partition coefficient (Wildman–Crippen LogP) is 7.35. The van der Waals surface area contributed by atoms with Crippen molar-refractivity contribution in [1.29, 1.82) is 0 Å². The van der Waals surface area contributed by atoms with E-state index < -0.39 is 0 Å². The van der Waals surface area contributed by atoms with E-state index in [1.807, 2.05) is 30.3 Å². The second-order valence-electron chi connectivity index (χ2n) is 8.18. The summed E-state index contributed by atoms with van der Waals surface area (Å²) in [6.45, 7) is 8.85. The summed E-state index contributed by atoms with van der Waals surface area (Å²) >= 11 is 0. The first-order chi connectivity index (χ1) is 14.2. The van der Waals surface area contributed by atoms with Crippen molar-refractivity contribution in [2.75, 3.05) is 19.8 Å². The van der Waals surface area contributed by atoms with Gasteiger partial charge in [0, 0.05) is 0 Å². The van der Waals surface area contributed by atoms with E-state index >= 15 is 0 Å². The third kappa shape index (κ3) is 9.04. The van der Waals surface area contributed by atoms with Crippen molar-refractivity contribution in [3.05, 3.63) is 65.2 Å². The normalized spacial score (nSPS) is 11.2. The van der Waals surface area contributed by atoms with Crippen molar-refractivity contribution >= 4 is 0 Å². The van der Waals surface area contributed by atoms with E-state index in [1.165, 1.54) is 61.6 Å². The van der Waals surface area contributed by atoms with Crippen molar-refractivity contribution in [2.45, 2.75) is 78.1 Å². The smallest absolute Gasteiger partial charge is 0.119 e.